The normalized spacial score (nSPS) is 11.3. The quantitative estimate of drug-likeness (QED) is 0.317. The van der Waals surface area contributed by atoms with E-state index in [2.05, 4.69) is 21.3 Å². The SMILES string of the molecule is Cn1c(-c2ccc(Oc3ccc(-c4nc5ccccc5n4C)cc3)cc2)nc2ccccc21. The number of nitrogens with zero attached hydrogens (tertiary/aromatic N) is 4. The molecule has 0 aliphatic heterocycles. The van der Waals surface area contributed by atoms with E-state index in [1.807, 2.05) is 99.0 Å². The van der Waals surface area contributed by atoms with Crippen LogP contribution in [0.3, 0.4) is 0 Å². The first-order chi connectivity index (χ1) is 16.2. The van der Waals surface area contributed by atoms with Crippen molar-refractivity contribution in [3.63, 3.8) is 0 Å². The van der Waals surface area contributed by atoms with Gasteiger partial charge in [-0.3, -0.25) is 0 Å². The zero-order valence-corrected chi connectivity index (χ0v) is 18.4. The second-order valence-electron chi connectivity index (χ2n) is 8.12. The Balaban J connectivity index is 1.23. The minimum atomic E-state index is 0.785. The molecule has 6 aromatic rings. The highest BCUT2D eigenvalue weighted by Crippen LogP contribution is 2.29. The van der Waals surface area contributed by atoms with Gasteiger partial charge in [0.25, 0.3) is 0 Å². The fraction of sp³-hybridized carbons (Fsp3) is 0.0714. The molecule has 4 aromatic carbocycles. The molecule has 5 heteroatoms. The molecule has 0 amide bonds. The topological polar surface area (TPSA) is 44.9 Å². The first kappa shape index (κ1) is 19.3. The Morgan fingerprint density at radius 1 is 0.515 bits per heavy atom. The van der Waals surface area contributed by atoms with Crippen LogP contribution in [0.2, 0.25) is 0 Å². The van der Waals surface area contributed by atoms with E-state index in [9.17, 15) is 0 Å². The first-order valence-electron chi connectivity index (χ1n) is 10.9. The van der Waals surface area contributed by atoms with Crippen molar-refractivity contribution in [1.82, 2.24) is 19.1 Å². The molecule has 0 bridgehead atoms. The maximum atomic E-state index is 6.08. The fourth-order valence-electron chi connectivity index (χ4n) is 4.29. The van der Waals surface area contributed by atoms with Crippen molar-refractivity contribution in [2.24, 2.45) is 14.1 Å². The molecular weight excluding hydrogens is 408 g/mol. The summed E-state index contributed by atoms with van der Waals surface area (Å²) in [6.07, 6.45) is 0. The third kappa shape index (κ3) is 3.34. The monoisotopic (exact) mass is 430 g/mol. The van der Waals surface area contributed by atoms with E-state index in [4.69, 9.17) is 14.7 Å². The Morgan fingerprint density at radius 3 is 1.30 bits per heavy atom. The second kappa shape index (κ2) is 7.64. The van der Waals surface area contributed by atoms with Crippen LogP contribution in [0, 0.1) is 0 Å². The second-order valence-corrected chi connectivity index (χ2v) is 8.12. The van der Waals surface area contributed by atoms with Crippen LogP contribution in [0.1, 0.15) is 0 Å². The number of imidazole rings is 2. The summed E-state index contributed by atoms with van der Waals surface area (Å²) in [4.78, 5) is 9.54. The van der Waals surface area contributed by atoms with Crippen molar-refractivity contribution >= 4 is 22.1 Å². The summed E-state index contributed by atoms with van der Waals surface area (Å²) in [7, 11) is 4.09. The Hall–Kier alpha value is -4.38. The molecule has 5 nitrogen and oxygen atoms in total. The van der Waals surface area contributed by atoms with Gasteiger partial charge in [0.05, 0.1) is 22.1 Å². The molecule has 2 aromatic heterocycles. The minimum absolute atomic E-state index is 0.785. The number of hydrogen-bond donors (Lipinski definition) is 0. The van der Waals surface area contributed by atoms with E-state index in [1.165, 1.54) is 0 Å². The van der Waals surface area contributed by atoms with Crippen LogP contribution in [-0.2, 0) is 14.1 Å². The molecule has 0 saturated carbocycles. The van der Waals surface area contributed by atoms with E-state index in [1.54, 1.807) is 0 Å². The number of fused-ring (bicyclic) bond motifs is 2. The number of hydrogen-bond acceptors (Lipinski definition) is 3. The Morgan fingerprint density at radius 2 is 0.909 bits per heavy atom. The maximum Gasteiger partial charge on any atom is 0.140 e. The van der Waals surface area contributed by atoms with Gasteiger partial charge in [0.1, 0.15) is 23.1 Å². The van der Waals surface area contributed by atoms with E-state index in [0.717, 1.165) is 56.3 Å². The summed E-state index contributed by atoms with van der Waals surface area (Å²) in [5, 5.41) is 0. The molecule has 0 unspecified atom stereocenters. The average Bonchev–Trinajstić information content (AvgIpc) is 3.38. The Labute approximate surface area is 191 Å². The molecule has 33 heavy (non-hydrogen) atoms. The van der Waals surface area contributed by atoms with Crippen LogP contribution in [0.25, 0.3) is 44.8 Å². The number of aryl methyl sites for hydroxylation is 2. The molecule has 6 rings (SSSR count). The molecule has 0 spiro atoms. The highest BCUT2D eigenvalue weighted by atomic mass is 16.5. The minimum Gasteiger partial charge on any atom is -0.457 e. The molecule has 0 N–H and O–H groups in total. The first-order valence-corrected chi connectivity index (χ1v) is 10.9. The van der Waals surface area contributed by atoms with Crippen molar-refractivity contribution < 1.29 is 4.74 Å². The summed E-state index contributed by atoms with van der Waals surface area (Å²) in [6.45, 7) is 0. The molecule has 0 saturated heterocycles. The van der Waals surface area contributed by atoms with Crippen LogP contribution < -0.4 is 4.74 Å². The molecule has 0 atom stereocenters. The molecule has 2 heterocycles. The molecular formula is C28H22N4O. The van der Waals surface area contributed by atoms with Crippen LogP contribution in [0.5, 0.6) is 11.5 Å². The summed E-state index contributed by atoms with van der Waals surface area (Å²) in [5.74, 6) is 3.45. The van der Waals surface area contributed by atoms with Crippen molar-refractivity contribution in [2.75, 3.05) is 0 Å². The van der Waals surface area contributed by atoms with Gasteiger partial charge in [-0.2, -0.15) is 0 Å². The molecule has 160 valence electrons. The lowest BCUT2D eigenvalue weighted by molar-refractivity contribution is 0.483. The van der Waals surface area contributed by atoms with Gasteiger partial charge < -0.3 is 13.9 Å². The fourth-order valence-corrected chi connectivity index (χ4v) is 4.29. The van der Waals surface area contributed by atoms with Crippen LogP contribution in [0.15, 0.2) is 97.1 Å². The Bertz CT molecular complexity index is 1470. The number of benzene rings is 4. The van der Waals surface area contributed by atoms with E-state index < -0.39 is 0 Å². The van der Waals surface area contributed by atoms with Crippen molar-refractivity contribution in [2.45, 2.75) is 0 Å². The predicted octanol–water partition coefficient (Wildman–Crippen LogP) is 6.59. The van der Waals surface area contributed by atoms with Crippen LogP contribution in [0.4, 0.5) is 0 Å². The Kier molecular flexibility index (Phi) is 4.47. The van der Waals surface area contributed by atoms with Crippen LogP contribution in [-0.4, -0.2) is 19.1 Å². The number of ether oxygens (including phenoxy) is 1. The lowest BCUT2D eigenvalue weighted by atomic mass is 10.2. The molecule has 0 aliphatic carbocycles. The summed E-state index contributed by atoms with van der Waals surface area (Å²) < 4.78 is 10.3. The highest BCUT2D eigenvalue weighted by molar-refractivity contribution is 5.81. The van der Waals surface area contributed by atoms with Crippen LogP contribution >= 0.6 is 0 Å². The number of rotatable bonds is 4. The van der Waals surface area contributed by atoms with Crippen molar-refractivity contribution in [1.29, 1.82) is 0 Å². The van der Waals surface area contributed by atoms with Gasteiger partial charge in [0, 0.05) is 25.2 Å². The van der Waals surface area contributed by atoms with Gasteiger partial charge in [0.15, 0.2) is 0 Å². The summed E-state index contributed by atoms with van der Waals surface area (Å²) >= 11 is 0. The van der Waals surface area contributed by atoms with E-state index in [0.29, 0.717) is 0 Å². The van der Waals surface area contributed by atoms with E-state index >= 15 is 0 Å². The molecule has 0 fully saturated rings. The summed E-state index contributed by atoms with van der Waals surface area (Å²) in [6, 6.07) is 32.4. The van der Waals surface area contributed by atoms with Gasteiger partial charge in [-0.15, -0.1) is 0 Å². The average molecular weight is 431 g/mol. The van der Waals surface area contributed by atoms with Gasteiger partial charge in [-0.25, -0.2) is 9.97 Å². The predicted molar refractivity (Wildman–Crippen MR) is 132 cm³/mol. The highest BCUT2D eigenvalue weighted by Gasteiger charge is 2.11. The van der Waals surface area contributed by atoms with Gasteiger partial charge >= 0.3 is 0 Å². The van der Waals surface area contributed by atoms with Crippen molar-refractivity contribution in [3.8, 4) is 34.3 Å². The molecule has 0 radical (unpaired) electrons. The number of para-hydroxylation sites is 4. The van der Waals surface area contributed by atoms with Gasteiger partial charge in [-0.1, -0.05) is 24.3 Å². The number of aromatic nitrogens is 4. The standard InChI is InChI=1S/C28H22N4O/c1-31-25-9-5-3-7-23(25)29-27(31)19-11-15-21(16-12-19)33-22-17-13-20(14-18-22)28-30-24-8-4-6-10-26(24)32(28)2/h3-18H,1-2H3. The van der Waals surface area contributed by atoms with Gasteiger partial charge in [0.2, 0.25) is 0 Å². The van der Waals surface area contributed by atoms with Crippen molar-refractivity contribution in [3.05, 3.63) is 97.1 Å². The zero-order valence-electron chi connectivity index (χ0n) is 18.4. The van der Waals surface area contributed by atoms with E-state index in [-0.39, 0.29) is 0 Å². The van der Waals surface area contributed by atoms with Gasteiger partial charge in [-0.05, 0) is 72.8 Å². The third-order valence-corrected chi connectivity index (χ3v) is 6.04. The smallest absolute Gasteiger partial charge is 0.140 e. The largest absolute Gasteiger partial charge is 0.457 e. The zero-order chi connectivity index (χ0) is 22.4. The molecule has 0 aliphatic rings. The summed E-state index contributed by atoms with van der Waals surface area (Å²) in [5.41, 5.74) is 6.34. The lowest BCUT2D eigenvalue weighted by Crippen LogP contribution is -1.93. The maximum absolute atomic E-state index is 6.08. The lowest BCUT2D eigenvalue weighted by Gasteiger charge is -2.08. The third-order valence-electron chi connectivity index (χ3n) is 6.04.